The zero-order valence-corrected chi connectivity index (χ0v) is 18.0. The highest BCUT2D eigenvalue weighted by Crippen LogP contribution is 2.33. The van der Waals surface area contributed by atoms with Crippen molar-refractivity contribution in [2.45, 2.75) is 39.0 Å². The van der Waals surface area contributed by atoms with Crippen molar-refractivity contribution in [1.29, 1.82) is 0 Å². The van der Waals surface area contributed by atoms with Crippen LogP contribution in [-0.2, 0) is 11.3 Å². The Hall–Kier alpha value is -3.08. The molecule has 0 aliphatic carbocycles. The quantitative estimate of drug-likeness (QED) is 0.534. The number of carbonyl (C=O) groups is 2. The maximum absolute atomic E-state index is 13.5. The number of ether oxygens (including phenoxy) is 1. The predicted molar refractivity (Wildman–Crippen MR) is 109 cm³/mol. The van der Waals surface area contributed by atoms with E-state index in [0.29, 0.717) is 13.0 Å². The van der Waals surface area contributed by atoms with Crippen LogP contribution in [0.5, 0.6) is 0 Å². The van der Waals surface area contributed by atoms with Crippen molar-refractivity contribution in [3.63, 3.8) is 0 Å². The third-order valence-corrected chi connectivity index (χ3v) is 4.56. The number of nitrogens with one attached hydrogen (secondary N) is 2. The van der Waals surface area contributed by atoms with E-state index in [0.717, 1.165) is 18.5 Å². The summed E-state index contributed by atoms with van der Waals surface area (Å²) in [5.41, 5.74) is -1.90. The average molecular weight is 457 g/mol. The normalized spacial score (nSPS) is 12.6. The monoisotopic (exact) mass is 457 g/mol. The number of furan rings is 1. The number of carbonyl (C=O) groups excluding carboxylic acids is 2. The SMILES string of the molecule is COCCNC(=O)c1cn(CCC(C)C)cc(C(=O)NC(c2ccco2)C(F)(F)F)c1=O. The fraction of sp³-hybridized carbons (Fsp3) is 0.476. The molecule has 0 fully saturated rings. The first-order valence-electron chi connectivity index (χ1n) is 9.96. The first kappa shape index (κ1) is 25.2. The van der Waals surface area contributed by atoms with Gasteiger partial charge in [-0.15, -0.1) is 0 Å². The van der Waals surface area contributed by atoms with Crippen LogP contribution in [-0.4, -0.2) is 42.8 Å². The fourth-order valence-corrected chi connectivity index (χ4v) is 2.83. The molecule has 0 bridgehead atoms. The van der Waals surface area contributed by atoms with Crippen LogP contribution in [0.1, 0.15) is 52.8 Å². The van der Waals surface area contributed by atoms with Gasteiger partial charge < -0.3 is 24.4 Å². The zero-order valence-electron chi connectivity index (χ0n) is 18.0. The maximum atomic E-state index is 13.5. The Labute approximate surface area is 182 Å². The van der Waals surface area contributed by atoms with Gasteiger partial charge in [0.05, 0.1) is 12.9 Å². The second-order valence-corrected chi connectivity index (χ2v) is 7.55. The molecule has 32 heavy (non-hydrogen) atoms. The molecule has 0 spiro atoms. The molecule has 0 saturated carbocycles. The molecule has 11 heteroatoms. The minimum atomic E-state index is -4.86. The molecule has 0 aliphatic rings. The van der Waals surface area contributed by atoms with E-state index in [1.54, 1.807) is 5.32 Å². The Kier molecular flexibility index (Phi) is 8.64. The van der Waals surface area contributed by atoms with E-state index in [1.807, 2.05) is 13.8 Å². The Balaban J connectivity index is 2.41. The van der Waals surface area contributed by atoms with Crippen LogP contribution in [0.2, 0.25) is 0 Å². The van der Waals surface area contributed by atoms with E-state index in [4.69, 9.17) is 9.15 Å². The summed E-state index contributed by atoms with van der Waals surface area (Å²) in [4.78, 5) is 38.0. The van der Waals surface area contributed by atoms with Gasteiger partial charge in [-0.05, 0) is 24.5 Å². The summed E-state index contributed by atoms with van der Waals surface area (Å²) in [7, 11) is 1.44. The number of aromatic nitrogens is 1. The number of alkyl halides is 3. The van der Waals surface area contributed by atoms with Gasteiger partial charge >= 0.3 is 6.18 Å². The van der Waals surface area contributed by atoms with Crippen LogP contribution in [0, 0.1) is 5.92 Å². The molecule has 0 aromatic carbocycles. The third-order valence-electron chi connectivity index (χ3n) is 4.56. The Morgan fingerprint density at radius 2 is 1.84 bits per heavy atom. The third kappa shape index (κ3) is 6.71. The molecule has 2 heterocycles. The van der Waals surface area contributed by atoms with Crippen molar-refractivity contribution in [3.8, 4) is 0 Å². The molecule has 2 amide bonds. The zero-order chi connectivity index (χ0) is 23.9. The summed E-state index contributed by atoms with van der Waals surface area (Å²) in [6.07, 6.45) is -0.714. The van der Waals surface area contributed by atoms with Crippen molar-refractivity contribution < 1.29 is 31.9 Å². The molecule has 2 aromatic rings. The van der Waals surface area contributed by atoms with Gasteiger partial charge in [-0.25, -0.2) is 0 Å². The Morgan fingerprint density at radius 3 is 2.38 bits per heavy atom. The molecule has 1 unspecified atom stereocenters. The smallest absolute Gasteiger partial charge is 0.415 e. The van der Waals surface area contributed by atoms with Crippen molar-refractivity contribution in [3.05, 3.63) is 57.9 Å². The molecule has 1 atom stereocenters. The molecule has 8 nitrogen and oxygen atoms in total. The van der Waals surface area contributed by atoms with Crippen molar-refractivity contribution in [1.82, 2.24) is 15.2 Å². The van der Waals surface area contributed by atoms with Crippen LogP contribution < -0.4 is 16.1 Å². The van der Waals surface area contributed by atoms with Gasteiger partial charge in [0.15, 0.2) is 6.04 Å². The number of aryl methyl sites for hydroxylation is 1. The number of halogens is 3. The van der Waals surface area contributed by atoms with E-state index in [2.05, 4.69) is 5.32 Å². The molecular weight excluding hydrogens is 431 g/mol. The number of methoxy groups -OCH3 is 1. The standard InChI is InChI=1S/C21H26F3N3O5/c1-13(2)6-8-27-11-14(19(29)25-7-10-31-3)17(28)15(12-27)20(30)26-18(21(22,23)24)16-5-4-9-32-16/h4-5,9,11-13,18H,6-8,10H2,1-3H3,(H,25,29)(H,26,30). The van der Waals surface area contributed by atoms with Crippen LogP contribution in [0.3, 0.4) is 0 Å². The van der Waals surface area contributed by atoms with Crippen LogP contribution in [0.15, 0.2) is 40.0 Å². The van der Waals surface area contributed by atoms with Gasteiger partial charge in [0.1, 0.15) is 16.9 Å². The summed E-state index contributed by atoms with van der Waals surface area (Å²) in [5, 5.41) is 4.29. The van der Waals surface area contributed by atoms with Crippen molar-refractivity contribution >= 4 is 11.8 Å². The van der Waals surface area contributed by atoms with Gasteiger partial charge in [0, 0.05) is 32.6 Å². The Morgan fingerprint density at radius 1 is 1.19 bits per heavy atom. The van der Waals surface area contributed by atoms with Crippen molar-refractivity contribution in [2.75, 3.05) is 20.3 Å². The van der Waals surface area contributed by atoms with Gasteiger partial charge in [-0.2, -0.15) is 13.2 Å². The first-order chi connectivity index (χ1) is 15.0. The fourth-order valence-electron chi connectivity index (χ4n) is 2.83. The summed E-state index contributed by atoms with van der Waals surface area (Å²) in [6, 6.07) is -0.129. The molecule has 0 saturated heterocycles. The predicted octanol–water partition coefficient (Wildman–Crippen LogP) is 2.90. The van der Waals surface area contributed by atoms with Gasteiger partial charge in [-0.3, -0.25) is 14.4 Å². The van der Waals surface area contributed by atoms with E-state index in [9.17, 15) is 27.6 Å². The van der Waals surface area contributed by atoms with Gasteiger partial charge in [-0.1, -0.05) is 13.8 Å². The lowest BCUT2D eigenvalue weighted by atomic mass is 10.1. The van der Waals surface area contributed by atoms with Gasteiger partial charge in [0.2, 0.25) is 5.43 Å². The average Bonchev–Trinajstić information content (AvgIpc) is 3.24. The number of hydrogen-bond donors (Lipinski definition) is 2. The molecular formula is C21H26F3N3O5. The minimum Gasteiger partial charge on any atom is -0.467 e. The second kappa shape index (κ2) is 11.0. The molecule has 0 aliphatic heterocycles. The topological polar surface area (TPSA) is 103 Å². The largest absolute Gasteiger partial charge is 0.467 e. The number of amides is 2. The van der Waals surface area contributed by atoms with Gasteiger partial charge in [0.25, 0.3) is 11.8 Å². The Bertz CT molecular complexity index is 968. The van der Waals surface area contributed by atoms with Crippen LogP contribution in [0.4, 0.5) is 13.2 Å². The lowest BCUT2D eigenvalue weighted by Gasteiger charge is -2.20. The van der Waals surface area contributed by atoms with E-state index >= 15 is 0 Å². The first-order valence-corrected chi connectivity index (χ1v) is 9.96. The van der Waals surface area contributed by atoms with Crippen molar-refractivity contribution in [2.24, 2.45) is 5.92 Å². The summed E-state index contributed by atoms with van der Waals surface area (Å²) < 4.78 is 51.6. The lowest BCUT2D eigenvalue weighted by molar-refractivity contribution is -0.159. The molecule has 0 radical (unpaired) electrons. The summed E-state index contributed by atoms with van der Waals surface area (Å²) in [6.45, 7) is 4.60. The van der Waals surface area contributed by atoms with E-state index in [-0.39, 0.29) is 24.6 Å². The summed E-state index contributed by atoms with van der Waals surface area (Å²) in [5.74, 6) is -2.27. The number of pyridine rings is 1. The second-order valence-electron chi connectivity index (χ2n) is 7.55. The molecule has 2 N–H and O–H groups in total. The summed E-state index contributed by atoms with van der Waals surface area (Å²) >= 11 is 0. The van der Waals surface area contributed by atoms with E-state index < -0.39 is 40.8 Å². The van der Waals surface area contributed by atoms with Crippen LogP contribution >= 0.6 is 0 Å². The lowest BCUT2D eigenvalue weighted by Crippen LogP contribution is -2.41. The maximum Gasteiger partial charge on any atom is 0.415 e. The molecule has 176 valence electrons. The number of rotatable bonds is 10. The highest BCUT2D eigenvalue weighted by atomic mass is 19.4. The number of nitrogens with zero attached hydrogens (tertiary/aromatic N) is 1. The minimum absolute atomic E-state index is 0.117. The number of hydrogen-bond acceptors (Lipinski definition) is 5. The highest BCUT2D eigenvalue weighted by molar-refractivity contribution is 5.99. The molecule has 2 rings (SSSR count). The highest BCUT2D eigenvalue weighted by Gasteiger charge is 2.44. The van der Waals surface area contributed by atoms with E-state index in [1.165, 1.54) is 23.9 Å². The van der Waals surface area contributed by atoms with Crippen LogP contribution in [0.25, 0.3) is 0 Å². The molecule has 2 aromatic heterocycles.